The number of nitrogens with zero attached hydrogens (tertiary/aromatic N) is 1. The number of hydrogen-bond donors (Lipinski definition) is 2. The molecule has 0 saturated carbocycles. The summed E-state index contributed by atoms with van der Waals surface area (Å²) in [4.78, 5) is 3.07. The Bertz CT molecular complexity index is 437. The van der Waals surface area contributed by atoms with Crippen molar-refractivity contribution >= 4 is 11.3 Å². The van der Waals surface area contributed by atoms with E-state index < -0.39 is 0 Å². The quantitative estimate of drug-likeness (QED) is 0.850. The Morgan fingerprint density at radius 2 is 2.38 bits per heavy atom. The van der Waals surface area contributed by atoms with Gasteiger partial charge >= 0.3 is 0 Å². The highest BCUT2D eigenvalue weighted by molar-refractivity contribution is 7.12. The van der Waals surface area contributed by atoms with E-state index in [2.05, 4.69) is 21.6 Å². The van der Waals surface area contributed by atoms with Crippen LogP contribution in [-0.2, 0) is 25.9 Å². The molecule has 3 rings (SSSR count). The molecule has 0 saturated heterocycles. The van der Waals surface area contributed by atoms with Gasteiger partial charge < -0.3 is 5.32 Å². The van der Waals surface area contributed by atoms with Crippen molar-refractivity contribution in [2.24, 2.45) is 0 Å². The van der Waals surface area contributed by atoms with Crippen LogP contribution in [0, 0.1) is 0 Å². The van der Waals surface area contributed by atoms with Gasteiger partial charge in [-0.1, -0.05) is 0 Å². The molecule has 2 aromatic rings. The van der Waals surface area contributed by atoms with Crippen LogP contribution in [-0.4, -0.2) is 10.2 Å². The zero-order valence-electron chi connectivity index (χ0n) is 9.12. The first-order valence-corrected chi connectivity index (χ1v) is 6.53. The molecule has 0 spiro atoms. The maximum atomic E-state index is 3.93. The zero-order chi connectivity index (χ0) is 10.8. The molecule has 4 heteroatoms. The topological polar surface area (TPSA) is 40.7 Å². The van der Waals surface area contributed by atoms with Gasteiger partial charge in [0.1, 0.15) is 0 Å². The van der Waals surface area contributed by atoms with Crippen molar-refractivity contribution < 1.29 is 0 Å². The predicted octanol–water partition coefficient (Wildman–Crippen LogP) is 2.25. The number of rotatable bonds is 4. The maximum Gasteiger partial charge on any atom is 0.0490 e. The highest BCUT2D eigenvalue weighted by atomic mass is 32.1. The monoisotopic (exact) mass is 233 g/mol. The lowest BCUT2D eigenvalue weighted by molar-refractivity contribution is 0.683. The van der Waals surface area contributed by atoms with Crippen LogP contribution >= 0.6 is 11.3 Å². The van der Waals surface area contributed by atoms with Crippen molar-refractivity contribution in [3.05, 3.63) is 39.3 Å². The standard InChI is InChI=1S/C12H15N3S/c1-2-9-6-11(16-12(9)3-1)8-13-7-10-4-5-14-15-10/h4-6,13H,1-3,7-8H2,(H,14,15). The van der Waals surface area contributed by atoms with Crippen LogP contribution in [0.2, 0.25) is 0 Å². The minimum Gasteiger partial charge on any atom is -0.306 e. The van der Waals surface area contributed by atoms with E-state index in [9.17, 15) is 0 Å². The summed E-state index contributed by atoms with van der Waals surface area (Å²) < 4.78 is 0. The molecule has 2 N–H and O–H groups in total. The van der Waals surface area contributed by atoms with Crippen LogP contribution in [0.25, 0.3) is 0 Å². The van der Waals surface area contributed by atoms with E-state index in [1.54, 1.807) is 16.6 Å². The number of aromatic amines is 1. The van der Waals surface area contributed by atoms with E-state index in [0.29, 0.717) is 0 Å². The normalized spacial score (nSPS) is 14.2. The summed E-state index contributed by atoms with van der Waals surface area (Å²) in [6, 6.07) is 4.37. The Hall–Kier alpha value is -1.13. The van der Waals surface area contributed by atoms with Crippen LogP contribution in [0.5, 0.6) is 0 Å². The van der Waals surface area contributed by atoms with Gasteiger partial charge in [-0.3, -0.25) is 5.10 Å². The number of fused-ring (bicyclic) bond motifs is 1. The van der Waals surface area contributed by atoms with Crippen LogP contribution in [0.4, 0.5) is 0 Å². The Morgan fingerprint density at radius 1 is 1.38 bits per heavy atom. The largest absolute Gasteiger partial charge is 0.306 e. The van der Waals surface area contributed by atoms with E-state index in [1.165, 1.54) is 24.1 Å². The molecule has 0 aliphatic heterocycles. The average molecular weight is 233 g/mol. The minimum absolute atomic E-state index is 0.864. The first-order valence-electron chi connectivity index (χ1n) is 5.71. The first-order chi connectivity index (χ1) is 7.92. The average Bonchev–Trinajstić information content (AvgIpc) is 2.91. The van der Waals surface area contributed by atoms with Gasteiger partial charge in [0.05, 0.1) is 0 Å². The number of aryl methyl sites for hydroxylation is 2. The summed E-state index contributed by atoms with van der Waals surface area (Å²) >= 11 is 1.97. The molecule has 2 aromatic heterocycles. The third-order valence-corrected chi connectivity index (χ3v) is 4.21. The van der Waals surface area contributed by atoms with E-state index >= 15 is 0 Å². The van der Waals surface area contributed by atoms with Gasteiger partial charge in [0.15, 0.2) is 0 Å². The van der Waals surface area contributed by atoms with Crippen molar-refractivity contribution in [2.45, 2.75) is 32.4 Å². The molecule has 0 amide bonds. The predicted molar refractivity (Wildman–Crippen MR) is 65.5 cm³/mol. The van der Waals surface area contributed by atoms with Gasteiger partial charge in [-0.15, -0.1) is 11.3 Å². The number of hydrogen-bond acceptors (Lipinski definition) is 3. The van der Waals surface area contributed by atoms with Crippen LogP contribution in [0.3, 0.4) is 0 Å². The van der Waals surface area contributed by atoms with Gasteiger partial charge in [0.25, 0.3) is 0 Å². The van der Waals surface area contributed by atoms with Gasteiger partial charge in [0.2, 0.25) is 0 Å². The Labute approximate surface area is 98.9 Å². The fraction of sp³-hybridized carbons (Fsp3) is 0.417. The number of H-pyrrole nitrogens is 1. The van der Waals surface area contributed by atoms with Crippen molar-refractivity contribution in [3.8, 4) is 0 Å². The summed E-state index contributed by atoms with van der Waals surface area (Å²) in [6.45, 7) is 1.83. The smallest absolute Gasteiger partial charge is 0.0490 e. The van der Waals surface area contributed by atoms with Crippen molar-refractivity contribution in [1.82, 2.24) is 15.5 Å². The van der Waals surface area contributed by atoms with Crippen LogP contribution < -0.4 is 5.32 Å². The molecule has 84 valence electrons. The van der Waals surface area contributed by atoms with Gasteiger partial charge in [-0.2, -0.15) is 5.10 Å². The summed E-state index contributed by atoms with van der Waals surface area (Å²) in [5.74, 6) is 0. The molecule has 1 aliphatic rings. The lowest BCUT2D eigenvalue weighted by atomic mass is 10.2. The molecule has 3 nitrogen and oxygen atoms in total. The number of nitrogens with one attached hydrogen (secondary N) is 2. The molecule has 2 heterocycles. The minimum atomic E-state index is 0.864. The SMILES string of the molecule is c1cc(CNCc2cc3c(s2)CCC3)[nH]n1. The Kier molecular flexibility index (Phi) is 2.76. The fourth-order valence-corrected chi connectivity index (χ4v) is 3.41. The van der Waals surface area contributed by atoms with E-state index in [0.717, 1.165) is 18.8 Å². The van der Waals surface area contributed by atoms with Crippen molar-refractivity contribution in [2.75, 3.05) is 0 Å². The van der Waals surface area contributed by atoms with Crippen LogP contribution in [0.15, 0.2) is 18.3 Å². The summed E-state index contributed by atoms with van der Waals surface area (Å²) in [5, 5.41) is 10.3. The van der Waals surface area contributed by atoms with Crippen LogP contribution in [0.1, 0.15) is 27.4 Å². The maximum absolute atomic E-state index is 3.93. The molecule has 0 radical (unpaired) electrons. The Balaban J connectivity index is 1.54. The zero-order valence-corrected chi connectivity index (χ0v) is 9.94. The molecule has 0 fully saturated rings. The van der Waals surface area contributed by atoms with E-state index in [-0.39, 0.29) is 0 Å². The highest BCUT2D eigenvalue weighted by Gasteiger charge is 2.14. The Morgan fingerprint density at radius 3 is 3.19 bits per heavy atom. The highest BCUT2D eigenvalue weighted by Crippen LogP contribution is 2.30. The second kappa shape index (κ2) is 4.39. The third kappa shape index (κ3) is 2.03. The molecule has 0 unspecified atom stereocenters. The van der Waals surface area contributed by atoms with E-state index in [4.69, 9.17) is 0 Å². The molecule has 1 aliphatic carbocycles. The molecule has 0 aromatic carbocycles. The van der Waals surface area contributed by atoms with Crippen molar-refractivity contribution in [1.29, 1.82) is 0 Å². The lowest BCUT2D eigenvalue weighted by Crippen LogP contribution is -2.12. The molecular formula is C12H15N3S. The molecule has 0 bridgehead atoms. The molecule has 16 heavy (non-hydrogen) atoms. The summed E-state index contributed by atoms with van der Waals surface area (Å²) in [7, 11) is 0. The van der Waals surface area contributed by atoms with Gasteiger partial charge in [-0.05, 0) is 37.0 Å². The number of thiophene rings is 1. The van der Waals surface area contributed by atoms with Gasteiger partial charge in [0, 0.05) is 34.7 Å². The summed E-state index contributed by atoms with van der Waals surface area (Å²) in [5.41, 5.74) is 2.73. The number of aromatic nitrogens is 2. The summed E-state index contributed by atoms with van der Waals surface area (Å²) in [6.07, 6.45) is 5.71. The van der Waals surface area contributed by atoms with Gasteiger partial charge in [-0.25, -0.2) is 0 Å². The fourth-order valence-electron chi connectivity index (χ4n) is 2.18. The first kappa shape index (κ1) is 10.1. The lowest BCUT2D eigenvalue weighted by Gasteiger charge is -2.00. The molecular weight excluding hydrogens is 218 g/mol. The second-order valence-electron chi connectivity index (χ2n) is 4.20. The third-order valence-electron chi connectivity index (χ3n) is 2.97. The van der Waals surface area contributed by atoms with E-state index in [1.807, 2.05) is 17.4 Å². The van der Waals surface area contributed by atoms with Crippen molar-refractivity contribution in [3.63, 3.8) is 0 Å². The second-order valence-corrected chi connectivity index (χ2v) is 5.42. The molecule has 0 atom stereocenters.